The second-order valence-corrected chi connectivity index (χ2v) is 6.75. The van der Waals surface area contributed by atoms with Gasteiger partial charge in [-0.25, -0.2) is 4.39 Å². The lowest BCUT2D eigenvalue weighted by Crippen LogP contribution is -2.53. The minimum absolute atomic E-state index is 0.182. The van der Waals surface area contributed by atoms with Gasteiger partial charge in [-0.1, -0.05) is 0 Å². The van der Waals surface area contributed by atoms with E-state index in [9.17, 15) is 19.1 Å². The molecule has 2 N–H and O–H groups in total. The topological polar surface area (TPSA) is 75.6 Å². The van der Waals surface area contributed by atoms with Crippen molar-refractivity contribution in [1.29, 1.82) is 0 Å². The monoisotopic (exact) mass is 361 g/mol. The maximum Gasteiger partial charge on any atom is 0.251 e. The molecule has 6 heteroatoms. The van der Waals surface area contributed by atoms with Gasteiger partial charge in [0.15, 0.2) is 5.78 Å². The van der Waals surface area contributed by atoms with Gasteiger partial charge in [0.25, 0.3) is 5.91 Å². The Balaban J connectivity index is 2.03. The third-order valence-corrected chi connectivity index (χ3v) is 4.39. The largest absolute Gasteiger partial charge is 0.485 e. The summed E-state index contributed by atoms with van der Waals surface area (Å²) in [6.07, 6.45) is -1.16. The van der Waals surface area contributed by atoms with Crippen LogP contribution in [0.2, 0.25) is 0 Å². The number of carbonyl (C=O) groups is 2. The van der Waals surface area contributed by atoms with Gasteiger partial charge in [-0.15, -0.1) is 0 Å². The van der Waals surface area contributed by atoms with E-state index in [0.29, 0.717) is 16.9 Å². The molecule has 0 aliphatic carbocycles. The highest BCUT2D eigenvalue weighted by atomic mass is 19.1. The Morgan fingerprint density at radius 3 is 2.65 bits per heavy atom. The quantitative estimate of drug-likeness (QED) is 0.824. The van der Waals surface area contributed by atoms with Crippen LogP contribution >= 0.6 is 0 Å². The van der Waals surface area contributed by atoms with E-state index >= 15 is 0 Å². The Bertz CT molecular complexity index is 977. The van der Waals surface area contributed by atoms with E-state index in [0.717, 1.165) is 12.1 Å². The second-order valence-electron chi connectivity index (χ2n) is 6.75. The number of ketones is 1. The fraction of sp³-hybridized carbons (Fsp3) is 0.300. The molecular weight excluding hydrogens is 337 g/mol. The minimum atomic E-state index is -1.16. The average Bonchev–Trinajstić information content (AvgIpc) is 2.61. The van der Waals surface area contributed by atoms with Gasteiger partial charge in [-0.05, 0) is 63.2 Å². The van der Waals surface area contributed by atoms with Crippen molar-refractivity contribution in [2.75, 3.05) is 0 Å². The lowest BCUT2D eigenvalue weighted by atomic mass is 9.85. The van der Waals surface area contributed by atoms with Crippen molar-refractivity contribution in [1.82, 2.24) is 5.32 Å². The molecule has 3 rings (SSSR count). The van der Waals surface area contributed by atoms with E-state index in [4.69, 9.17) is 7.48 Å². The zero-order valence-electron chi connectivity index (χ0n) is 16.6. The molecule has 0 bridgehead atoms. The molecule has 136 valence electrons. The van der Waals surface area contributed by atoms with Gasteiger partial charge in [-0.2, -0.15) is 0 Å². The van der Waals surface area contributed by atoms with Crippen LogP contribution in [0.3, 0.4) is 0 Å². The summed E-state index contributed by atoms with van der Waals surface area (Å²) in [5, 5.41) is 13.4. The molecule has 2 aromatic carbocycles. The molecule has 0 aromatic heterocycles. The Labute approximate surface area is 153 Å². The Hall–Kier alpha value is -2.73. The summed E-state index contributed by atoms with van der Waals surface area (Å²) in [7, 11) is 0. The van der Waals surface area contributed by atoms with Crippen LogP contribution in [0.5, 0.6) is 5.75 Å². The molecule has 5 nitrogen and oxygen atoms in total. The van der Waals surface area contributed by atoms with Crippen LogP contribution in [-0.2, 0) is 0 Å². The van der Waals surface area contributed by atoms with Crippen molar-refractivity contribution < 1.29 is 26.6 Å². The Morgan fingerprint density at radius 1 is 1.23 bits per heavy atom. The summed E-state index contributed by atoms with van der Waals surface area (Å²) in [4.78, 5) is 24.5. The van der Waals surface area contributed by atoms with E-state index in [-0.39, 0.29) is 17.4 Å². The number of ether oxygens (including phenoxy) is 1. The van der Waals surface area contributed by atoms with Gasteiger partial charge in [0.2, 0.25) is 0 Å². The van der Waals surface area contributed by atoms with Crippen LogP contribution in [0.1, 0.15) is 55.8 Å². The standard InChI is InChI=1S/C20H20FNO4/c1-11(23)13-6-9-16-15(10-13)17(18(24)20(2,3)26-16)22-19(25)12-4-7-14(21)8-5-12/h4-10,17-18,24H,1-3H3,(H,22,25)/t17-,18+/m0/s1/i4T,8T. The van der Waals surface area contributed by atoms with Gasteiger partial charge in [0, 0.05) is 16.7 Å². The molecule has 2 atom stereocenters. The summed E-state index contributed by atoms with van der Waals surface area (Å²) < 4.78 is 34.6. The molecule has 1 amide bonds. The van der Waals surface area contributed by atoms with Crippen molar-refractivity contribution in [2.24, 2.45) is 0 Å². The summed E-state index contributed by atoms with van der Waals surface area (Å²) in [5.74, 6) is -1.40. The first-order valence-corrected chi connectivity index (χ1v) is 8.11. The molecule has 0 radical (unpaired) electrons. The maximum absolute atomic E-state index is 13.4. The predicted molar refractivity (Wildman–Crippen MR) is 93.8 cm³/mol. The van der Waals surface area contributed by atoms with Crippen LogP contribution in [0.4, 0.5) is 4.39 Å². The summed E-state index contributed by atoms with van der Waals surface area (Å²) in [6.45, 7) is 4.72. The number of rotatable bonds is 3. The third-order valence-electron chi connectivity index (χ3n) is 4.39. The van der Waals surface area contributed by atoms with Gasteiger partial charge in [0.05, 0.1) is 8.78 Å². The summed E-state index contributed by atoms with van der Waals surface area (Å²) in [6, 6.07) is 4.71. The number of hydrogen-bond acceptors (Lipinski definition) is 4. The van der Waals surface area contributed by atoms with Crippen LogP contribution in [0.15, 0.2) is 42.4 Å². The number of benzene rings is 2. The van der Waals surface area contributed by atoms with Crippen molar-refractivity contribution >= 4 is 11.7 Å². The molecule has 2 aromatic rings. The number of carbonyl (C=O) groups excluding carboxylic acids is 2. The molecule has 1 heterocycles. The first-order chi connectivity index (χ1) is 13.0. The van der Waals surface area contributed by atoms with E-state index in [2.05, 4.69) is 5.32 Å². The molecule has 0 saturated heterocycles. The van der Waals surface area contributed by atoms with Crippen molar-refractivity contribution in [3.8, 4) is 5.75 Å². The number of Topliss-reactive ketones (excluding diaryl/α,β-unsaturated/α-hetero) is 1. The number of amides is 1. The number of nitrogens with one attached hydrogen (secondary N) is 1. The Kier molecular flexibility index (Phi) is 3.90. The SMILES string of the molecule is [3H]c1cc(C(=O)N[C@H]2c3cc(C(C)=O)ccc3OC(C)(C)[C@@H]2O)c([3H])cc1F. The normalized spacial score (nSPS) is 21.7. The summed E-state index contributed by atoms with van der Waals surface area (Å²) >= 11 is 0. The molecule has 0 fully saturated rings. The zero-order valence-corrected chi connectivity index (χ0v) is 14.6. The molecule has 26 heavy (non-hydrogen) atoms. The van der Waals surface area contributed by atoms with Crippen LogP contribution in [0, 0.1) is 5.82 Å². The molecule has 1 aliphatic rings. The lowest BCUT2D eigenvalue weighted by Gasteiger charge is -2.42. The highest BCUT2D eigenvalue weighted by molar-refractivity contribution is 5.95. The molecule has 0 saturated carbocycles. The predicted octanol–water partition coefficient (Wildman–Crippen LogP) is 3.03. The number of halogens is 1. The Morgan fingerprint density at radius 2 is 1.96 bits per heavy atom. The first kappa shape index (κ1) is 15.5. The van der Waals surface area contributed by atoms with Crippen LogP contribution < -0.4 is 10.1 Å². The van der Waals surface area contributed by atoms with Gasteiger partial charge >= 0.3 is 0 Å². The molecule has 0 unspecified atom stereocenters. The van der Waals surface area contributed by atoms with Gasteiger partial charge < -0.3 is 15.2 Å². The number of hydrogen-bond donors (Lipinski definition) is 2. The number of aliphatic hydroxyl groups excluding tert-OH is 1. The van der Waals surface area contributed by atoms with Gasteiger partial charge in [-0.3, -0.25) is 9.59 Å². The van der Waals surface area contributed by atoms with Crippen LogP contribution in [-0.4, -0.2) is 28.5 Å². The molecule has 1 aliphatic heterocycles. The smallest absolute Gasteiger partial charge is 0.251 e. The highest BCUT2D eigenvalue weighted by Crippen LogP contribution is 2.40. The lowest BCUT2D eigenvalue weighted by molar-refractivity contribution is -0.0627. The van der Waals surface area contributed by atoms with E-state index < -0.39 is 35.5 Å². The third kappa shape index (κ3) is 3.32. The number of aliphatic hydroxyl groups is 1. The average molecular weight is 361 g/mol. The minimum Gasteiger partial charge on any atom is -0.485 e. The fourth-order valence-electron chi connectivity index (χ4n) is 2.89. The second kappa shape index (κ2) is 6.53. The summed E-state index contributed by atoms with van der Waals surface area (Å²) in [5.41, 5.74) is -0.403. The van der Waals surface area contributed by atoms with Crippen molar-refractivity contribution in [2.45, 2.75) is 38.5 Å². The van der Waals surface area contributed by atoms with Crippen LogP contribution in [0.25, 0.3) is 0 Å². The van der Waals surface area contributed by atoms with Gasteiger partial charge in [0.1, 0.15) is 23.3 Å². The van der Waals surface area contributed by atoms with E-state index in [1.54, 1.807) is 32.0 Å². The maximum atomic E-state index is 13.4. The number of fused-ring (bicyclic) bond motifs is 1. The first-order valence-electron chi connectivity index (χ1n) is 9.11. The fourth-order valence-corrected chi connectivity index (χ4v) is 2.89. The zero-order chi connectivity index (χ0) is 20.8. The molecule has 0 spiro atoms. The highest BCUT2D eigenvalue weighted by Gasteiger charge is 2.43. The van der Waals surface area contributed by atoms with Crippen molar-refractivity contribution in [3.05, 3.63) is 64.9 Å². The van der Waals surface area contributed by atoms with E-state index in [1.807, 2.05) is 0 Å². The van der Waals surface area contributed by atoms with E-state index in [1.165, 1.54) is 6.92 Å². The van der Waals surface area contributed by atoms with Crippen molar-refractivity contribution in [3.63, 3.8) is 0 Å². The molecular formula is C20H20FNO4.